The van der Waals surface area contributed by atoms with E-state index in [0.717, 1.165) is 11.8 Å². The molecule has 1 aliphatic carbocycles. The van der Waals surface area contributed by atoms with Crippen LogP contribution < -0.4 is 48.0 Å². The van der Waals surface area contributed by atoms with Gasteiger partial charge in [0, 0.05) is 25.7 Å². The number of likely N-dealkylation sites (tertiary alicyclic amines) is 2. The van der Waals surface area contributed by atoms with Gasteiger partial charge in [0.25, 0.3) is 0 Å². The van der Waals surface area contributed by atoms with Crippen molar-refractivity contribution in [3.05, 3.63) is 0 Å². The first-order chi connectivity index (χ1) is 10.6. The Morgan fingerprint density at radius 2 is 0.875 bits per heavy atom. The van der Waals surface area contributed by atoms with E-state index in [0.29, 0.717) is 0 Å². The van der Waals surface area contributed by atoms with Crippen LogP contribution in [-0.2, 0) is 0 Å². The zero-order valence-electron chi connectivity index (χ0n) is 16.1. The minimum atomic E-state index is 0. The zero-order chi connectivity index (χ0) is 15.5. The van der Waals surface area contributed by atoms with Gasteiger partial charge in [-0.2, -0.15) is 0 Å². The molecule has 2 nitrogen and oxygen atoms in total. The predicted molar refractivity (Wildman–Crippen MR) is 94.7 cm³/mol. The molecule has 0 N–H and O–H groups in total. The second-order valence-corrected chi connectivity index (χ2v) is 9.46. The first-order valence-electron chi connectivity index (χ1n) is 10.2. The molecule has 0 bridgehead atoms. The highest BCUT2D eigenvalue weighted by Gasteiger charge is 2.31. The van der Waals surface area contributed by atoms with Crippen molar-refractivity contribution < 1.29 is 56.9 Å². The van der Waals surface area contributed by atoms with Crippen molar-refractivity contribution >= 4 is 0 Å². The van der Waals surface area contributed by atoms with Gasteiger partial charge in [0.2, 0.25) is 0 Å². The molecule has 2 saturated heterocycles. The van der Waals surface area contributed by atoms with Crippen LogP contribution in [0.2, 0.25) is 0 Å². The van der Waals surface area contributed by atoms with Crippen LogP contribution in [0.1, 0.15) is 64.2 Å². The van der Waals surface area contributed by atoms with Crippen molar-refractivity contribution in [2.24, 2.45) is 11.8 Å². The van der Waals surface area contributed by atoms with E-state index >= 15 is 0 Å². The van der Waals surface area contributed by atoms with Crippen LogP contribution in [0, 0.1) is 11.8 Å². The first-order valence-corrected chi connectivity index (χ1v) is 10.2. The Kier molecular flexibility index (Phi) is 10.4. The quantitative estimate of drug-likeness (QED) is 0.262. The summed E-state index contributed by atoms with van der Waals surface area (Å²) >= 11 is 0. The molecule has 0 aromatic carbocycles. The van der Waals surface area contributed by atoms with E-state index in [9.17, 15) is 0 Å². The summed E-state index contributed by atoms with van der Waals surface area (Å²) in [5.74, 6) is 2.12. The van der Waals surface area contributed by atoms with Gasteiger partial charge in [-0.05, 0) is 50.4 Å². The largest absolute Gasteiger partial charge is 1.00 e. The molecule has 3 fully saturated rings. The highest BCUT2D eigenvalue weighted by Crippen LogP contribution is 2.34. The summed E-state index contributed by atoms with van der Waals surface area (Å²) in [4.78, 5) is 0. The molecule has 0 unspecified atom stereocenters. The summed E-state index contributed by atoms with van der Waals surface area (Å²) in [6.07, 6.45) is 15.1. The van der Waals surface area contributed by atoms with Crippen LogP contribution in [0.4, 0.5) is 0 Å². The molecule has 0 amide bonds. The number of rotatable bonds is 6. The summed E-state index contributed by atoms with van der Waals surface area (Å²) in [7, 11) is 5.00. The lowest BCUT2D eigenvalue weighted by molar-refractivity contribution is -0.898. The minimum absolute atomic E-state index is 0. The maximum atomic E-state index is 2.50. The van der Waals surface area contributed by atoms with Gasteiger partial charge in [0.05, 0.1) is 53.4 Å². The van der Waals surface area contributed by atoms with Gasteiger partial charge in [-0.1, -0.05) is 0 Å². The Labute approximate surface area is 185 Å². The van der Waals surface area contributed by atoms with E-state index < -0.39 is 0 Å². The third-order valence-corrected chi connectivity index (χ3v) is 7.41. The van der Waals surface area contributed by atoms with E-state index in [1.54, 1.807) is 0 Å². The van der Waals surface area contributed by atoms with Gasteiger partial charge in [0.1, 0.15) is 0 Å². The third kappa shape index (κ3) is 6.84. The molecular formula is C20H40I2N2. The Morgan fingerprint density at radius 3 is 1.17 bits per heavy atom. The second-order valence-electron chi connectivity index (χ2n) is 9.46. The third-order valence-electron chi connectivity index (χ3n) is 7.41. The summed E-state index contributed by atoms with van der Waals surface area (Å²) in [5, 5.41) is 0. The highest BCUT2D eigenvalue weighted by molar-refractivity contribution is 4.73. The van der Waals surface area contributed by atoms with Crippen molar-refractivity contribution in [1.29, 1.82) is 0 Å². The van der Waals surface area contributed by atoms with Crippen LogP contribution >= 0.6 is 0 Å². The van der Waals surface area contributed by atoms with E-state index in [4.69, 9.17) is 0 Å². The molecule has 2 heterocycles. The lowest BCUT2D eigenvalue weighted by Gasteiger charge is -2.35. The maximum absolute atomic E-state index is 2.50. The van der Waals surface area contributed by atoms with E-state index in [-0.39, 0.29) is 48.0 Å². The summed E-state index contributed by atoms with van der Waals surface area (Å²) in [6, 6.07) is 0. The number of halogens is 2. The Balaban J connectivity index is 0.00000144. The molecule has 0 aromatic rings. The molecule has 0 atom stereocenters. The minimum Gasteiger partial charge on any atom is -1.00 e. The average Bonchev–Trinajstić information content (AvgIpc) is 3.14. The normalized spacial score (nSPS) is 31.2. The summed E-state index contributed by atoms with van der Waals surface area (Å²) in [6.45, 7) is 8.73. The van der Waals surface area contributed by atoms with E-state index in [2.05, 4.69) is 14.1 Å². The van der Waals surface area contributed by atoms with Gasteiger partial charge < -0.3 is 56.9 Å². The van der Waals surface area contributed by atoms with Crippen LogP contribution in [0.3, 0.4) is 0 Å². The lowest BCUT2D eigenvalue weighted by Crippen LogP contribution is -3.00. The molecular weight excluding hydrogens is 522 g/mol. The molecule has 0 radical (unpaired) electrons. The van der Waals surface area contributed by atoms with Crippen LogP contribution in [-0.4, -0.2) is 62.3 Å². The Bertz CT molecular complexity index is 308. The van der Waals surface area contributed by atoms with Crippen molar-refractivity contribution in [3.8, 4) is 0 Å². The standard InChI is InChI=1S/C20H40N2.2HI/c1-21(13-3-4-14-21)17-11-19-7-9-20(10-8-19)12-18-22(2)15-5-6-16-22;;/h19-20H,3-18H2,1-2H3;2*1H/q+2;;/p-2. The van der Waals surface area contributed by atoms with E-state index in [1.807, 2.05) is 0 Å². The molecule has 2 aliphatic heterocycles. The van der Waals surface area contributed by atoms with Gasteiger partial charge in [-0.3, -0.25) is 0 Å². The number of hydrogen-bond acceptors (Lipinski definition) is 0. The molecule has 0 aromatic heterocycles. The van der Waals surface area contributed by atoms with Gasteiger partial charge in [0.15, 0.2) is 0 Å². The zero-order valence-corrected chi connectivity index (χ0v) is 20.4. The van der Waals surface area contributed by atoms with Crippen molar-refractivity contribution in [1.82, 2.24) is 0 Å². The van der Waals surface area contributed by atoms with Crippen molar-refractivity contribution in [3.63, 3.8) is 0 Å². The molecule has 24 heavy (non-hydrogen) atoms. The molecule has 1 saturated carbocycles. The predicted octanol–water partition coefficient (Wildman–Crippen LogP) is -1.94. The van der Waals surface area contributed by atoms with E-state index in [1.165, 1.54) is 112 Å². The summed E-state index contributed by atoms with van der Waals surface area (Å²) < 4.78 is 2.77. The number of quaternary nitrogens is 2. The monoisotopic (exact) mass is 562 g/mol. The molecule has 3 rings (SSSR count). The smallest absolute Gasteiger partial charge is 0.0787 e. The van der Waals surface area contributed by atoms with Crippen molar-refractivity contribution in [2.75, 3.05) is 53.4 Å². The average molecular weight is 562 g/mol. The highest BCUT2D eigenvalue weighted by atomic mass is 127. The van der Waals surface area contributed by atoms with Gasteiger partial charge in [-0.15, -0.1) is 0 Å². The number of nitrogens with zero attached hydrogens (tertiary/aromatic N) is 2. The Morgan fingerprint density at radius 1 is 0.583 bits per heavy atom. The lowest BCUT2D eigenvalue weighted by atomic mass is 9.79. The van der Waals surface area contributed by atoms with Gasteiger partial charge in [-0.25, -0.2) is 0 Å². The fourth-order valence-electron chi connectivity index (χ4n) is 5.44. The topological polar surface area (TPSA) is 0 Å². The number of hydrogen-bond donors (Lipinski definition) is 0. The first kappa shape index (κ1) is 23.4. The van der Waals surface area contributed by atoms with Gasteiger partial charge >= 0.3 is 0 Å². The SMILES string of the molecule is C[N+]1(CCC2CCC(CC[N+]3(C)CCCC3)CC2)CCCC1.[I-].[I-]. The molecule has 144 valence electrons. The molecule has 0 spiro atoms. The van der Waals surface area contributed by atoms with Crippen LogP contribution in [0.15, 0.2) is 0 Å². The molecule has 4 heteroatoms. The summed E-state index contributed by atoms with van der Waals surface area (Å²) in [5.41, 5.74) is 0. The van der Waals surface area contributed by atoms with Crippen molar-refractivity contribution in [2.45, 2.75) is 64.2 Å². The molecule has 3 aliphatic rings. The maximum Gasteiger partial charge on any atom is 0.0787 e. The van der Waals surface area contributed by atoms with Crippen LogP contribution in [0.25, 0.3) is 0 Å². The Hall–Kier alpha value is 1.38. The second kappa shape index (κ2) is 10.6. The fraction of sp³-hybridized carbons (Fsp3) is 1.00. The fourth-order valence-corrected chi connectivity index (χ4v) is 5.44. The van der Waals surface area contributed by atoms with Crippen LogP contribution in [0.5, 0.6) is 0 Å².